The summed E-state index contributed by atoms with van der Waals surface area (Å²) >= 11 is 0. The Kier molecular flexibility index (Phi) is 2.63. The van der Waals surface area contributed by atoms with Gasteiger partial charge in [-0.25, -0.2) is 4.79 Å². The zero-order chi connectivity index (χ0) is 13.4. The van der Waals surface area contributed by atoms with Crippen molar-refractivity contribution in [3.63, 3.8) is 0 Å². The van der Waals surface area contributed by atoms with Crippen LogP contribution in [-0.4, -0.2) is 16.7 Å². The van der Waals surface area contributed by atoms with Gasteiger partial charge >= 0.3 is 5.69 Å². The molecule has 0 unspecified atom stereocenters. The number of methoxy groups -OCH3 is 1. The maximum atomic E-state index is 12.1. The number of aromatic amines is 1. The van der Waals surface area contributed by atoms with E-state index in [1.165, 1.54) is 0 Å². The van der Waals surface area contributed by atoms with Crippen LogP contribution >= 0.6 is 0 Å². The maximum Gasteiger partial charge on any atom is 0.331 e. The number of H-pyrrole nitrogens is 1. The molecule has 4 heteroatoms. The van der Waals surface area contributed by atoms with Crippen molar-refractivity contribution >= 4 is 11.0 Å². The molecule has 3 rings (SSSR count). The second-order valence-corrected chi connectivity index (χ2v) is 4.49. The number of rotatable bonds is 2. The molecule has 96 valence electrons. The molecule has 0 bridgehead atoms. The van der Waals surface area contributed by atoms with Crippen LogP contribution in [0.15, 0.2) is 47.3 Å². The molecule has 0 saturated carbocycles. The van der Waals surface area contributed by atoms with Crippen LogP contribution in [0, 0.1) is 6.92 Å². The number of hydrogen-bond acceptors (Lipinski definition) is 2. The van der Waals surface area contributed by atoms with Crippen molar-refractivity contribution in [3.05, 3.63) is 58.5 Å². The van der Waals surface area contributed by atoms with E-state index in [4.69, 9.17) is 4.74 Å². The summed E-state index contributed by atoms with van der Waals surface area (Å²) in [5.74, 6) is 0.727. The topological polar surface area (TPSA) is 47.0 Å². The minimum atomic E-state index is -0.145. The van der Waals surface area contributed by atoms with Gasteiger partial charge in [0.1, 0.15) is 5.75 Å². The van der Waals surface area contributed by atoms with E-state index < -0.39 is 0 Å². The minimum Gasteiger partial charge on any atom is -0.497 e. The van der Waals surface area contributed by atoms with E-state index in [1.807, 2.05) is 49.4 Å². The van der Waals surface area contributed by atoms with Gasteiger partial charge in [0.25, 0.3) is 0 Å². The zero-order valence-electron chi connectivity index (χ0n) is 10.8. The summed E-state index contributed by atoms with van der Waals surface area (Å²) < 4.78 is 6.83. The Morgan fingerprint density at radius 1 is 1.16 bits per heavy atom. The van der Waals surface area contributed by atoms with Crippen molar-refractivity contribution in [1.29, 1.82) is 0 Å². The van der Waals surface area contributed by atoms with Gasteiger partial charge in [-0.05, 0) is 36.8 Å². The highest BCUT2D eigenvalue weighted by Crippen LogP contribution is 2.20. The van der Waals surface area contributed by atoms with Crippen molar-refractivity contribution < 1.29 is 4.74 Å². The lowest BCUT2D eigenvalue weighted by atomic mass is 10.2. The molecule has 0 fully saturated rings. The maximum absolute atomic E-state index is 12.1. The summed E-state index contributed by atoms with van der Waals surface area (Å²) in [6.45, 7) is 2.01. The van der Waals surface area contributed by atoms with Crippen molar-refractivity contribution in [2.45, 2.75) is 6.92 Å². The predicted octanol–water partition coefficient (Wildman–Crippen LogP) is 2.64. The second-order valence-electron chi connectivity index (χ2n) is 4.49. The second kappa shape index (κ2) is 4.31. The summed E-state index contributed by atoms with van der Waals surface area (Å²) in [6, 6.07) is 13.4. The van der Waals surface area contributed by atoms with Gasteiger partial charge in [-0.3, -0.25) is 4.57 Å². The monoisotopic (exact) mass is 254 g/mol. The largest absolute Gasteiger partial charge is 0.497 e. The molecule has 0 saturated heterocycles. The summed E-state index contributed by atoms with van der Waals surface area (Å²) in [5.41, 5.74) is 3.45. The number of aryl methyl sites for hydroxylation is 1. The molecule has 1 aromatic heterocycles. The van der Waals surface area contributed by atoms with E-state index in [2.05, 4.69) is 4.98 Å². The van der Waals surface area contributed by atoms with Gasteiger partial charge in [-0.2, -0.15) is 0 Å². The van der Waals surface area contributed by atoms with E-state index in [-0.39, 0.29) is 5.69 Å². The van der Waals surface area contributed by atoms with Crippen LogP contribution in [0.5, 0.6) is 5.75 Å². The molecule has 0 atom stereocenters. The highest BCUT2D eigenvalue weighted by Gasteiger charge is 2.09. The summed E-state index contributed by atoms with van der Waals surface area (Å²) in [5, 5.41) is 0. The fourth-order valence-electron chi connectivity index (χ4n) is 2.24. The molecule has 1 N–H and O–H groups in total. The number of fused-ring (bicyclic) bond motifs is 1. The van der Waals surface area contributed by atoms with Crippen LogP contribution in [-0.2, 0) is 0 Å². The average Bonchev–Trinajstić information content (AvgIpc) is 2.73. The Labute approximate surface area is 110 Å². The number of benzene rings is 2. The highest BCUT2D eigenvalue weighted by molar-refractivity contribution is 5.79. The van der Waals surface area contributed by atoms with Crippen molar-refractivity contribution in [2.24, 2.45) is 0 Å². The number of aromatic nitrogens is 2. The Morgan fingerprint density at radius 2 is 2.00 bits per heavy atom. The third-order valence-electron chi connectivity index (χ3n) is 3.15. The van der Waals surface area contributed by atoms with Crippen LogP contribution < -0.4 is 10.4 Å². The summed E-state index contributed by atoms with van der Waals surface area (Å²) in [4.78, 5) is 15.0. The van der Waals surface area contributed by atoms with E-state index in [0.29, 0.717) is 0 Å². The lowest BCUT2D eigenvalue weighted by molar-refractivity contribution is 0.415. The molecular formula is C15H14N2O2. The molecule has 0 aliphatic carbocycles. The van der Waals surface area contributed by atoms with Gasteiger partial charge in [0.05, 0.1) is 23.8 Å². The summed E-state index contributed by atoms with van der Waals surface area (Å²) in [6.07, 6.45) is 0. The predicted molar refractivity (Wildman–Crippen MR) is 75.2 cm³/mol. The molecule has 0 radical (unpaired) electrons. The minimum absolute atomic E-state index is 0.145. The third-order valence-corrected chi connectivity index (χ3v) is 3.15. The number of imidazole rings is 1. The molecule has 4 nitrogen and oxygen atoms in total. The Hall–Kier alpha value is -2.49. The lowest BCUT2D eigenvalue weighted by Crippen LogP contribution is -2.14. The SMILES string of the molecule is COc1ccc2c(c1)[nH]c(=O)n2-c1cccc(C)c1. The van der Waals surface area contributed by atoms with Gasteiger partial charge in [-0.1, -0.05) is 12.1 Å². The Balaban J connectivity index is 2.29. The van der Waals surface area contributed by atoms with Gasteiger partial charge in [0.2, 0.25) is 0 Å². The highest BCUT2D eigenvalue weighted by atomic mass is 16.5. The van der Waals surface area contributed by atoms with Crippen LogP contribution in [0.4, 0.5) is 0 Å². The van der Waals surface area contributed by atoms with E-state index in [0.717, 1.165) is 28.0 Å². The van der Waals surface area contributed by atoms with Gasteiger partial charge < -0.3 is 9.72 Å². The normalized spacial score (nSPS) is 10.8. The van der Waals surface area contributed by atoms with Gasteiger partial charge in [0, 0.05) is 6.07 Å². The molecule has 0 aliphatic heterocycles. The van der Waals surface area contributed by atoms with E-state index in [9.17, 15) is 4.79 Å². The lowest BCUT2D eigenvalue weighted by Gasteiger charge is -2.05. The van der Waals surface area contributed by atoms with Gasteiger partial charge in [-0.15, -0.1) is 0 Å². The quantitative estimate of drug-likeness (QED) is 0.764. The fourth-order valence-corrected chi connectivity index (χ4v) is 2.24. The van der Waals surface area contributed by atoms with Gasteiger partial charge in [0.15, 0.2) is 0 Å². The number of nitrogens with one attached hydrogen (secondary N) is 1. The first kappa shape index (κ1) is 11.6. The molecular weight excluding hydrogens is 240 g/mol. The zero-order valence-corrected chi connectivity index (χ0v) is 10.8. The van der Waals surface area contributed by atoms with Crippen LogP contribution in [0.3, 0.4) is 0 Å². The Morgan fingerprint density at radius 3 is 2.74 bits per heavy atom. The first-order chi connectivity index (χ1) is 9.19. The molecule has 0 spiro atoms. The van der Waals surface area contributed by atoms with Crippen LogP contribution in [0.2, 0.25) is 0 Å². The fraction of sp³-hybridized carbons (Fsp3) is 0.133. The van der Waals surface area contributed by atoms with E-state index >= 15 is 0 Å². The molecule has 3 aromatic rings. The van der Waals surface area contributed by atoms with Crippen LogP contribution in [0.1, 0.15) is 5.56 Å². The van der Waals surface area contributed by atoms with Crippen LogP contribution in [0.25, 0.3) is 16.7 Å². The summed E-state index contributed by atoms with van der Waals surface area (Å²) in [7, 11) is 1.61. The molecule has 19 heavy (non-hydrogen) atoms. The standard InChI is InChI=1S/C15H14N2O2/c1-10-4-3-5-11(8-10)17-14-7-6-12(19-2)9-13(14)16-15(17)18/h3-9H,1-2H3,(H,16,18). The van der Waals surface area contributed by atoms with Crippen molar-refractivity contribution in [1.82, 2.24) is 9.55 Å². The average molecular weight is 254 g/mol. The molecule has 1 heterocycles. The number of hydrogen-bond donors (Lipinski definition) is 1. The van der Waals surface area contributed by atoms with Crippen molar-refractivity contribution in [2.75, 3.05) is 7.11 Å². The first-order valence-corrected chi connectivity index (χ1v) is 6.05. The van der Waals surface area contributed by atoms with E-state index in [1.54, 1.807) is 11.7 Å². The number of nitrogens with zero attached hydrogens (tertiary/aromatic N) is 1. The molecule has 0 amide bonds. The Bertz CT molecular complexity index is 799. The van der Waals surface area contributed by atoms with Crippen molar-refractivity contribution in [3.8, 4) is 11.4 Å². The first-order valence-electron chi connectivity index (χ1n) is 6.05. The third kappa shape index (κ3) is 1.91. The molecule has 0 aliphatic rings. The molecule has 2 aromatic carbocycles. The number of ether oxygens (including phenoxy) is 1. The smallest absolute Gasteiger partial charge is 0.331 e.